The Bertz CT molecular complexity index is 604. The van der Waals surface area contributed by atoms with E-state index < -0.39 is 16.0 Å². The molecule has 2 atom stereocenters. The lowest BCUT2D eigenvalue weighted by molar-refractivity contribution is 0.0522. The average molecular weight is 353 g/mol. The molecule has 1 aliphatic rings. The monoisotopic (exact) mass is 352 g/mol. The summed E-state index contributed by atoms with van der Waals surface area (Å²) in [5.41, 5.74) is 5.56. The predicted octanol–water partition coefficient (Wildman–Crippen LogP) is 0.414. The van der Waals surface area contributed by atoms with Crippen molar-refractivity contribution in [3.63, 3.8) is 0 Å². The molecule has 1 aliphatic carbocycles. The van der Waals surface area contributed by atoms with Gasteiger partial charge >= 0.3 is 5.97 Å². The number of hydrogen-bond donors (Lipinski definition) is 3. The molecule has 0 aliphatic heterocycles. The molecular weight excluding hydrogens is 332 g/mol. The predicted molar refractivity (Wildman–Crippen MR) is 82.3 cm³/mol. The highest BCUT2D eigenvalue weighted by atomic mass is 35.5. The molecule has 126 valence electrons. The Morgan fingerprint density at radius 1 is 1.55 bits per heavy atom. The Morgan fingerprint density at radius 2 is 2.27 bits per heavy atom. The van der Waals surface area contributed by atoms with E-state index in [1.165, 1.54) is 0 Å². The van der Waals surface area contributed by atoms with Crippen LogP contribution in [0.25, 0.3) is 0 Å². The maximum atomic E-state index is 12.4. The first-order chi connectivity index (χ1) is 9.99. The van der Waals surface area contributed by atoms with Gasteiger partial charge in [-0.05, 0) is 32.2 Å². The van der Waals surface area contributed by atoms with Crippen molar-refractivity contribution in [2.24, 2.45) is 11.7 Å². The van der Waals surface area contributed by atoms with E-state index in [2.05, 4.69) is 14.9 Å². The minimum absolute atomic E-state index is 0. The number of nitrogens with two attached hydrogens (primary N) is 1. The molecule has 1 aromatic heterocycles. The lowest BCUT2D eigenvalue weighted by Crippen LogP contribution is -2.40. The van der Waals surface area contributed by atoms with Crippen molar-refractivity contribution < 1.29 is 17.9 Å². The molecule has 2 unspecified atom stereocenters. The van der Waals surface area contributed by atoms with Crippen molar-refractivity contribution in [3.05, 3.63) is 11.8 Å². The Balaban J connectivity index is 0.00000242. The van der Waals surface area contributed by atoms with E-state index in [1.54, 1.807) is 6.92 Å². The fraction of sp³-hybridized carbons (Fsp3) is 0.667. The van der Waals surface area contributed by atoms with E-state index in [0.717, 1.165) is 25.5 Å². The molecule has 1 saturated carbocycles. The molecule has 0 saturated heterocycles. The van der Waals surface area contributed by atoms with Crippen LogP contribution in [0.3, 0.4) is 0 Å². The Hall–Kier alpha value is -1.16. The largest absolute Gasteiger partial charge is 0.462 e. The number of hydrogen-bond acceptors (Lipinski definition) is 6. The standard InChI is InChI=1S/C12H20N4O4S.ClH/c1-2-20-12(17)9-7-14-15-11(9)21(18,19)16-10-5-3-4-8(10)6-13;/h7-8,10,16H,2-6,13H2,1H3,(H,14,15);1H. The molecule has 0 amide bonds. The van der Waals surface area contributed by atoms with Gasteiger partial charge in [-0.15, -0.1) is 12.4 Å². The molecule has 0 radical (unpaired) electrons. The Morgan fingerprint density at radius 3 is 2.91 bits per heavy atom. The number of H-pyrrole nitrogens is 1. The third kappa shape index (κ3) is 3.97. The van der Waals surface area contributed by atoms with Crippen LogP contribution in [-0.4, -0.2) is 43.8 Å². The van der Waals surface area contributed by atoms with Crippen LogP contribution < -0.4 is 10.5 Å². The van der Waals surface area contributed by atoms with E-state index in [9.17, 15) is 13.2 Å². The van der Waals surface area contributed by atoms with Crippen LogP contribution >= 0.6 is 12.4 Å². The summed E-state index contributed by atoms with van der Waals surface area (Å²) in [6.45, 7) is 2.24. The van der Waals surface area contributed by atoms with E-state index in [-0.39, 0.29) is 41.6 Å². The minimum Gasteiger partial charge on any atom is -0.462 e. The average Bonchev–Trinajstić information content (AvgIpc) is 3.06. The van der Waals surface area contributed by atoms with Gasteiger partial charge in [-0.25, -0.2) is 17.9 Å². The number of nitrogens with one attached hydrogen (secondary N) is 2. The Kier molecular flexibility index (Phi) is 6.79. The highest BCUT2D eigenvalue weighted by Gasteiger charge is 2.33. The second-order valence-corrected chi connectivity index (χ2v) is 6.64. The zero-order valence-electron chi connectivity index (χ0n) is 12.2. The molecule has 4 N–H and O–H groups in total. The van der Waals surface area contributed by atoms with Crippen LogP contribution in [0.4, 0.5) is 0 Å². The van der Waals surface area contributed by atoms with E-state index in [1.807, 2.05) is 0 Å². The second kappa shape index (κ2) is 7.91. The summed E-state index contributed by atoms with van der Waals surface area (Å²) in [4.78, 5) is 11.7. The molecule has 10 heteroatoms. The van der Waals surface area contributed by atoms with Gasteiger partial charge in [-0.2, -0.15) is 5.10 Å². The number of esters is 1. The minimum atomic E-state index is -3.86. The van der Waals surface area contributed by atoms with Crippen LogP contribution in [0.1, 0.15) is 36.5 Å². The summed E-state index contributed by atoms with van der Waals surface area (Å²) in [5, 5.41) is 5.73. The maximum Gasteiger partial charge on any atom is 0.342 e. The van der Waals surface area contributed by atoms with E-state index >= 15 is 0 Å². The quantitative estimate of drug-likeness (QED) is 0.636. The lowest BCUT2D eigenvalue weighted by Gasteiger charge is -2.19. The van der Waals surface area contributed by atoms with Crippen LogP contribution in [0.5, 0.6) is 0 Å². The molecule has 22 heavy (non-hydrogen) atoms. The highest BCUT2D eigenvalue weighted by molar-refractivity contribution is 7.89. The van der Waals surface area contributed by atoms with Gasteiger partial charge < -0.3 is 10.5 Å². The molecule has 1 heterocycles. The van der Waals surface area contributed by atoms with Crippen molar-refractivity contribution in [2.45, 2.75) is 37.3 Å². The highest BCUT2D eigenvalue weighted by Crippen LogP contribution is 2.26. The SMILES string of the molecule is CCOC(=O)c1cn[nH]c1S(=O)(=O)NC1CCCC1CN.Cl. The summed E-state index contributed by atoms with van der Waals surface area (Å²) in [7, 11) is -3.86. The normalized spacial score (nSPS) is 21.4. The summed E-state index contributed by atoms with van der Waals surface area (Å²) in [5.74, 6) is -0.595. The van der Waals surface area contributed by atoms with Crippen molar-refractivity contribution in [3.8, 4) is 0 Å². The number of nitrogens with zero attached hydrogens (tertiary/aromatic N) is 1. The van der Waals surface area contributed by atoms with Crippen LogP contribution in [0.15, 0.2) is 11.2 Å². The van der Waals surface area contributed by atoms with Crippen molar-refractivity contribution in [1.82, 2.24) is 14.9 Å². The van der Waals surface area contributed by atoms with Gasteiger partial charge in [0.1, 0.15) is 5.56 Å². The number of carbonyl (C=O) groups excluding carboxylic acids is 1. The summed E-state index contributed by atoms with van der Waals surface area (Å²) < 4.78 is 32.3. The Labute approximate surface area is 135 Å². The fourth-order valence-corrected chi connectivity index (χ4v) is 3.99. The van der Waals surface area contributed by atoms with Gasteiger partial charge in [-0.3, -0.25) is 5.10 Å². The number of ether oxygens (including phenoxy) is 1. The first-order valence-corrected chi connectivity index (χ1v) is 8.40. The van der Waals surface area contributed by atoms with Gasteiger partial charge in [-0.1, -0.05) is 6.42 Å². The summed E-state index contributed by atoms with van der Waals surface area (Å²) in [6, 6.07) is -0.210. The third-order valence-electron chi connectivity index (χ3n) is 3.64. The molecule has 1 aromatic rings. The number of aromatic amines is 1. The molecule has 2 rings (SSSR count). The lowest BCUT2D eigenvalue weighted by atomic mass is 10.1. The molecule has 8 nitrogen and oxygen atoms in total. The van der Waals surface area contributed by atoms with Crippen molar-refractivity contribution in [1.29, 1.82) is 0 Å². The molecule has 1 fully saturated rings. The van der Waals surface area contributed by atoms with Crippen LogP contribution in [-0.2, 0) is 14.8 Å². The fourth-order valence-electron chi connectivity index (χ4n) is 2.57. The molecule has 0 spiro atoms. The zero-order valence-corrected chi connectivity index (χ0v) is 13.9. The topological polar surface area (TPSA) is 127 Å². The van der Waals surface area contributed by atoms with Gasteiger partial charge in [0.2, 0.25) is 0 Å². The first-order valence-electron chi connectivity index (χ1n) is 6.92. The summed E-state index contributed by atoms with van der Waals surface area (Å²) in [6.07, 6.45) is 3.73. The maximum absolute atomic E-state index is 12.4. The summed E-state index contributed by atoms with van der Waals surface area (Å²) >= 11 is 0. The van der Waals surface area contributed by atoms with Crippen LogP contribution in [0.2, 0.25) is 0 Å². The number of aromatic nitrogens is 2. The van der Waals surface area contributed by atoms with Gasteiger partial charge in [0, 0.05) is 6.04 Å². The second-order valence-electron chi connectivity index (χ2n) is 4.99. The van der Waals surface area contributed by atoms with E-state index in [0.29, 0.717) is 6.54 Å². The first kappa shape index (κ1) is 18.9. The number of sulfonamides is 1. The molecule has 0 bridgehead atoms. The number of rotatable bonds is 6. The van der Waals surface area contributed by atoms with Gasteiger partial charge in [0.15, 0.2) is 5.03 Å². The zero-order chi connectivity index (χ0) is 15.5. The van der Waals surface area contributed by atoms with E-state index in [4.69, 9.17) is 10.5 Å². The number of carbonyl (C=O) groups is 1. The number of halogens is 1. The molecule has 0 aromatic carbocycles. The van der Waals surface area contributed by atoms with Gasteiger partial charge in [0.25, 0.3) is 10.0 Å². The smallest absolute Gasteiger partial charge is 0.342 e. The van der Waals surface area contributed by atoms with Crippen LogP contribution in [0, 0.1) is 5.92 Å². The van der Waals surface area contributed by atoms with Crippen molar-refractivity contribution in [2.75, 3.05) is 13.2 Å². The van der Waals surface area contributed by atoms with Crippen molar-refractivity contribution >= 4 is 28.4 Å². The van der Waals surface area contributed by atoms with Gasteiger partial charge in [0.05, 0.1) is 12.8 Å². The third-order valence-corrected chi connectivity index (χ3v) is 5.10. The molecular formula is C12H21ClN4O4S.